The lowest BCUT2D eigenvalue weighted by molar-refractivity contribution is -0.133. The third-order valence-corrected chi connectivity index (χ3v) is 4.69. The van der Waals surface area contributed by atoms with Crippen molar-refractivity contribution in [1.29, 1.82) is 0 Å². The Balaban J connectivity index is 1.51. The van der Waals surface area contributed by atoms with E-state index in [-0.39, 0.29) is 18.3 Å². The molecule has 1 fully saturated rings. The van der Waals surface area contributed by atoms with Crippen LogP contribution in [-0.4, -0.2) is 56.5 Å². The molecule has 1 saturated heterocycles. The molecule has 0 aliphatic carbocycles. The molecular formula is C21H24N2O4. The van der Waals surface area contributed by atoms with Gasteiger partial charge in [-0.15, -0.1) is 0 Å². The van der Waals surface area contributed by atoms with Crippen LogP contribution in [-0.2, 0) is 4.79 Å². The first-order chi connectivity index (χ1) is 13.1. The van der Waals surface area contributed by atoms with E-state index in [0.29, 0.717) is 30.2 Å². The molecule has 2 aromatic carbocycles. The number of benzene rings is 2. The van der Waals surface area contributed by atoms with Crippen molar-refractivity contribution < 1.29 is 19.1 Å². The van der Waals surface area contributed by atoms with Crippen LogP contribution in [0.2, 0.25) is 0 Å². The lowest BCUT2D eigenvalue weighted by Gasteiger charge is -2.36. The van der Waals surface area contributed by atoms with E-state index in [0.717, 1.165) is 18.8 Å². The van der Waals surface area contributed by atoms with E-state index in [9.17, 15) is 9.59 Å². The molecule has 0 spiro atoms. The van der Waals surface area contributed by atoms with E-state index in [1.165, 1.54) is 0 Å². The standard InChI is InChI=1S/C21H24N2O4/c1-16(24)17-7-9-18(10-8-17)22-11-13-23(14-12-22)21(25)15-27-20-6-4-3-5-19(20)26-2/h3-10H,11-15H2,1-2H3. The van der Waals surface area contributed by atoms with Gasteiger partial charge in [-0.3, -0.25) is 9.59 Å². The Morgan fingerprint density at radius 2 is 1.56 bits per heavy atom. The number of nitrogens with zero attached hydrogens (tertiary/aromatic N) is 2. The fourth-order valence-electron chi connectivity index (χ4n) is 3.09. The van der Waals surface area contributed by atoms with Crippen LogP contribution in [0.3, 0.4) is 0 Å². The zero-order valence-electron chi connectivity index (χ0n) is 15.7. The molecule has 6 heteroatoms. The second-order valence-corrected chi connectivity index (χ2v) is 6.41. The zero-order valence-corrected chi connectivity index (χ0v) is 15.7. The molecule has 2 aromatic rings. The van der Waals surface area contributed by atoms with E-state index in [2.05, 4.69) is 4.90 Å². The van der Waals surface area contributed by atoms with Gasteiger partial charge < -0.3 is 19.3 Å². The largest absolute Gasteiger partial charge is 0.493 e. The number of anilines is 1. The van der Waals surface area contributed by atoms with E-state index in [4.69, 9.17) is 9.47 Å². The molecule has 0 bridgehead atoms. The summed E-state index contributed by atoms with van der Waals surface area (Å²) in [5.74, 6) is 1.21. The average molecular weight is 368 g/mol. The van der Waals surface area contributed by atoms with Crippen molar-refractivity contribution in [3.05, 3.63) is 54.1 Å². The van der Waals surface area contributed by atoms with Crippen molar-refractivity contribution in [1.82, 2.24) is 4.90 Å². The summed E-state index contributed by atoms with van der Waals surface area (Å²) in [7, 11) is 1.58. The number of para-hydroxylation sites is 2. The second kappa shape index (κ2) is 8.58. The van der Waals surface area contributed by atoms with Gasteiger partial charge in [0.05, 0.1) is 7.11 Å². The third-order valence-electron chi connectivity index (χ3n) is 4.69. The van der Waals surface area contributed by atoms with Gasteiger partial charge >= 0.3 is 0 Å². The van der Waals surface area contributed by atoms with Gasteiger partial charge in [0.2, 0.25) is 0 Å². The molecule has 1 amide bonds. The van der Waals surface area contributed by atoms with Crippen molar-refractivity contribution in [3.8, 4) is 11.5 Å². The maximum absolute atomic E-state index is 12.4. The van der Waals surface area contributed by atoms with Crippen LogP contribution in [0.1, 0.15) is 17.3 Å². The van der Waals surface area contributed by atoms with Crippen LogP contribution >= 0.6 is 0 Å². The molecule has 142 valence electrons. The average Bonchev–Trinajstić information content (AvgIpc) is 2.72. The lowest BCUT2D eigenvalue weighted by Crippen LogP contribution is -2.50. The van der Waals surface area contributed by atoms with Crippen LogP contribution < -0.4 is 14.4 Å². The molecule has 0 atom stereocenters. The molecule has 0 radical (unpaired) electrons. The number of hydrogen-bond acceptors (Lipinski definition) is 5. The van der Waals surface area contributed by atoms with Crippen LogP contribution in [0.15, 0.2) is 48.5 Å². The number of ether oxygens (including phenoxy) is 2. The molecule has 1 aliphatic heterocycles. The summed E-state index contributed by atoms with van der Waals surface area (Å²) in [5, 5.41) is 0. The third kappa shape index (κ3) is 4.58. The minimum absolute atomic E-state index is 0.00627. The normalized spacial score (nSPS) is 14.0. The van der Waals surface area contributed by atoms with Gasteiger partial charge in [-0.25, -0.2) is 0 Å². The summed E-state index contributed by atoms with van der Waals surface area (Å²) in [4.78, 5) is 27.8. The minimum atomic E-state index is -0.0347. The Hall–Kier alpha value is -3.02. The van der Waals surface area contributed by atoms with Crippen molar-refractivity contribution >= 4 is 17.4 Å². The second-order valence-electron chi connectivity index (χ2n) is 6.41. The van der Waals surface area contributed by atoms with E-state index in [1.54, 1.807) is 26.2 Å². The number of rotatable bonds is 6. The maximum Gasteiger partial charge on any atom is 0.260 e. The van der Waals surface area contributed by atoms with Crippen molar-refractivity contribution in [2.45, 2.75) is 6.92 Å². The number of Topliss-reactive ketones (excluding diaryl/α,β-unsaturated/α-hetero) is 1. The smallest absolute Gasteiger partial charge is 0.260 e. The molecule has 1 heterocycles. The van der Waals surface area contributed by atoms with Gasteiger partial charge in [-0.1, -0.05) is 12.1 Å². The number of hydrogen-bond donors (Lipinski definition) is 0. The lowest BCUT2D eigenvalue weighted by atomic mass is 10.1. The fraction of sp³-hybridized carbons (Fsp3) is 0.333. The number of carbonyl (C=O) groups excluding carboxylic acids is 2. The van der Waals surface area contributed by atoms with Crippen LogP contribution in [0.5, 0.6) is 11.5 Å². The molecular weight excluding hydrogens is 344 g/mol. The van der Waals surface area contributed by atoms with Gasteiger partial charge in [-0.05, 0) is 43.3 Å². The van der Waals surface area contributed by atoms with E-state index in [1.807, 2.05) is 41.3 Å². The van der Waals surface area contributed by atoms with Gasteiger partial charge in [0.1, 0.15) is 0 Å². The molecule has 0 aromatic heterocycles. The highest BCUT2D eigenvalue weighted by Crippen LogP contribution is 2.25. The summed E-state index contributed by atoms with van der Waals surface area (Å²) in [6.07, 6.45) is 0. The zero-order chi connectivity index (χ0) is 19.2. The van der Waals surface area contributed by atoms with Gasteiger partial charge in [0.15, 0.2) is 23.9 Å². The van der Waals surface area contributed by atoms with Crippen molar-refractivity contribution in [2.24, 2.45) is 0 Å². The fourth-order valence-corrected chi connectivity index (χ4v) is 3.09. The minimum Gasteiger partial charge on any atom is -0.493 e. The number of ketones is 1. The predicted molar refractivity (Wildman–Crippen MR) is 104 cm³/mol. The summed E-state index contributed by atoms with van der Waals surface area (Å²) in [6.45, 7) is 4.34. The Kier molecular flexibility index (Phi) is 5.96. The van der Waals surface area contributed by atoms with Crippen molar-refractivity contribution in [3.63, 3.8) is 0 Å². The Labute approximate surface area is 159 Å². The summed E-state index contributed by atoms with van der Waals surface area (Å²) in [6, 6.07) is 14.9. The Morgan fingerprint density at radius 1 is 0.926 bits per heavy atom. The Morgan fingerprint density at radius 3 is 2.15 bits per heavy atom. The molecule has 6 nitrogen and oxygen atoms in total. The number of piperazine rings is 1. The first-order valence-corrected chi connectivity index (χ1v) is 8.98. The SMILES string of the molecule is COc1ccccc1OCC(=O)N1CCN(c2ccc(C(C)=O)cc2)CC1. The summed E-state index contributed by atoms with van der Waals surface area (Å²) >= 11 is 0. The molecule has 3 rings (SSSR count). The van der Waals surface area contributed by atoms with E-state index < -0.39 is 0 Å². The van der Waals surface area contributed by atoms with Gasteiger partial charge in [0.25, 0.3) is 5.91 Å². The highest BCUT2D eigenvalue weighted by Gasteiger charge is 2.22. The van der Waals surface area contributed by atoms with Crippen LogP contribution in [0, 0.1) is 0 Å². The molecule has 0 N–H and O–H groups in total. The topological polar surface area (TPSA) is 59.1 Å². The van der Waals surface area contributed by atoms with Crippen LogP contribution in [0.25, 0.3) is 0 Å². The van der Waals surface area contributed by atoms with Crippen molar-refractivity contribution in [2.75, 3.05) is 44.8 Å². The molecule has 0 saturated carbocycles. The summed E-state index contributed by atoms with van der Waals surface area (Å²) in [5.41, 5.74) is 1.78. The highest BCUT2D eigenvalue weighted by atomic mass is 16.5. The van der Waals surface area contributed by atoms with Gasteiger partial charge in [0, 0.05) is 37.4 Å². The first kappa shape index (κ1) is 18.8. The quantitative estimate of drug-likeness (QED) is 0.734. The number of methoxy groups -OCH3 is 1. The first-order valence-electron chi connectivity index (χ1n) is 8.98. The molecule has 0 unspecified atom stereocenters. The number of amides is 1. The number of carbonyl (C=O) groups is 2. The van der Waals surface area contributed by atoms with Gasteiger partial charge in [-0.2, -0.15) is 0 Å². The molecule has 27 heavy (non-hydrogen) atoms. The monoisotopic (exact) mass is 368 g/mol. The highest BCUT2D eigenvalue weighted by molar-refractivity contribution is 5.94. The van der Waals surface area contributed by atoms with Crippen LogP contribution in [0.4, 0.5) is 5.69 Å². The van der Waals surface area contributed by atoms with E-state index >= 15 is 0 Å². The summed E-state index contributed by atoms with van der Waals surface area (Å²) < 4.78 is 10.9. The predicted octanol–water partition coefficient (Wildman–Crippen LogP) is 2.63. The maximum atomic E-state index is 12.4. The molecule has 1 aliphatic rings. The Bertz CT molecular complexity index is 796.